The Kier molecular flexibility index (Phi) is 11.0. The smallest absolute Gasteiger partial charge is 0.320 e. The topological polar surface area (TPSA) is 76.0 Å². The van der Waals surface area contributed by atoms with E-state index >= 15 is 0 Å². The summed E-state index contributed by atoms with van der Waals surface area (Å²) in [6, 6.07) is 16.3. The summed E-state index contributed by atoms with van der Waals surface area (Å²) in [5, 5.41) is 6.31. The van der Waals surface area contributed by atoms with E-state index in [1.54, 1.807) is 11.2 Å². The summed E-state index contributed by atoms with van der Waals surface area (Å²) in [4.78, 5) is 15.7. The first-order valence-electron chi connectivity index (χ1n) is 10.8. The number of anilines is 2. The number of hydrogen-bond donors (Lipinski definition) is 0. The molecule has 8 nitrogen and oxygen atoms in total. The molecule has 1 aliphatic rings. The van der Waals surface area contributed by atoms with Gasteiger partial charge in [0.2, 0.25) is 0 Å². The Morgan fingerprint density at radius 3 is 2.65 bits per heavy atom. The first-order chi connectivity index (χ1) is 15.7. The van der Waals surface area contributed by atoms with Crippen LogP contribution < -0.4 is 39.5 Å². The Hall–Kier alpha value is -2.94. The number of benzene rings is 1. The number of ether oxygens (including phenoxy) is 2. The maximum Gasteiger partial charge on any atom is 0.320 e. The molecule has 3 aromatic rings. The molecule has 34 heavy (non-hydrogen) atoms. The van der Waals surface area contributed by atoms with Gasteiger partial charge in [-0.1, -0.05) is 35.9 Å². The van der Waals surface area contributed by atoms with Gasteiger partial charge in [-0.15, -0.1) is 0 Å². The highest BCUT2D eigenvalue weighted by Crippen LogP contribution is 2.23. The van der Waals surface area contributed by atoms with Crippen LogP contribution in [0.4, 0.5) is 11.6 Å². The van der Waals surface area contributed by atoms with Gasteiger partial charge in [-0.05, 0) is 24.6 Å². The van der Waals surface area contributed by atoms with E-state index in [-0.39, 0.29) is 24.8 Å². The van der Waals surface area contributed by atoms with E-state index in [9.17, 15) is 0 Å². The third-order valence-electron chi connectivity index (χ3n) is 5.08. The standard InChI is InChI=1S/C24H28N6O2.2ClH/c1-19-6-5-7-20(16-19)18-26-29(2)22-17-23(30-11-14-31-15-12-30)28-24(27-22)32-13-9-21-8-3-4-10-25-21;;/h3-8,10,16-18H,9,11-15H2,1-2H3;2*1H/p-2/b26-18+;;. The lowest BCUT2D eigenvalue weighted by molar-refractivity contribution is -0.00100. The number of hydrogen-bond acceptors (Lipinski definition) is 8. The average molecular weight is 503 g/mol. The monoisotopic (exact) mass is 502 g/mol. The van der Waals surface area contributed by atoms with Crippen LogP contribution in [0.1, 0.15) is 16.8 Å². The summed E-state index contributed by atoms with van der Waals surface area (Å²) in [6.45, 7) is 5.42. The number of pyridine rings is 1. The van der Waals surface area contributed by atoms with Crippen molar-refractivity contribution in [3.05, 3.63) is 71.5 Å². The molecular formula is C24H28Cl2N6O2-2. The van der Waals surface area contributed by atoms with Crippen LogP contribution in [0.25, 0.3) is 0 Å². The molecule has 1 aliphatic heterocycles. The minimum absolute atomic E-state index is 0. The molecule has 0 spiro atoms. The maximum absolute atomic E-state index is 5.91. The van der Waals surface area contributed by atoms with E-state index in [0.717, 1.165) is 30.2 Å². The van der Waals surface area contributed by atoms with E-state index in [1.165, 1.54) is 5.56 Å². The third-order valence-corrected chi connectivity index (χ3v) is 5.08. The predicted molar refractivity (Wildman–Crippen MR) is 126 cm³/mol. The van der Waals surface area contributed by atoms with Crippen LogP contribution in [0.3, 0.4) is 0 Å². The lowest BCUT2D eigenvalue weighted by atomic mass is 10.2. The molecule has 0 radical (unpaired) electrons. The number of halogens is 2. The van der Waals surface area contributed by atoms with Crippen molar-refractivity contribution in [2.24, 2.45) is 5.10 Å². The van der Waals surface area contributed by atoms with Gasteiger partial charge in [-0.2, -0.15) is 15.1 Å². The second-order valence-electron chi connectivity index (χ2n) is 7.57. The van der Waals surface area contributed by atoms with Crippen LogP contribution in [0.15, 0.2) is 59.8 Å². The Morgan fingerprint density at radius 2 is 1.91 bits per heavy atom. The minimum atomic E-state index is 0. The Balaban J connectivity index is 0.00000204. The van der Waals surface area contributed by atoms with Gasteiger partial charge in [0.05, 0.1) is 26.0 Å². The molecule has 2 aromatic heterocycles. The number of nitrogens with zero attached hydrogens (tertiary/aromatic N) is 6. The zero-order valence-corrected chi connectivity index (χ0v) is 20.8. The molecule has 0 bridgehead atoms. The van der Waals surface area contributed by atoms with Crippen molar-refractivity contribution in [2.75, 3.05) is 49.9 Å². The van der Waals surface area contributed by atoms with Crippen LogP contribution in [0.5, 0.6) is 6.01 Å². The fourth-order valence-corrected chi connectivity index (χ4v) is 3.34. The van der Waals surface area contributed by atoms with Crippen molar-refractivity contribution >= 4 is 17.9 Å². The summed E-state index contributed by atoms with van der Waals surface area (Å²) < 4.78 is 11.4. The van der Waals surface area contributed by atoms with Crippen molar-refractivity contribution in [3.63, 3.8) is 0 Å². The summed E-state index contributed by atoms with van der Waals surface area (Å²) in [6.07, 6.45) is 4.29. The summed E-state index contributed by atoms with van der Waals surface area (Å²) in [7, 11) is 1.87. The van der Waals surface area contributed by atoms with Crippen molar-refractivity contribution in [2.45, 2.75) is 13.3 Å². The highest BCUT2D eigenvalue weighted by molar-refractivity contribution is 5.80. The summed E-state index contributed by atoms with van der Waals surface area (Å²) >= 11 is 0. The van der Waals surface area contributed by atoms with Crippen molar-refractivity contribution < 1.29 is 34.3 Å². The second-order valence-corrected chi connectivity index (χ2v) is 7.57. The lowest BCUT2D eigenvalue weighted by Gasteiger charge is -2.28. The largest absolute Gasteiger partial charge is 1.00 e. The molecule has 10 heteroatoms. The maximum atomic E-state index is 5.91. The SMILES string of the molecule is Cc1cccc(/C=N/N(C)c2cc(N3CCOCC3)nc(OCCc3ccccn3)n2)c1.[Cl-].[Cl-]. The fraction of sp³-hybridized carbons (Fsp3) is 0.333. The molecule has 0 atom stereocenters. The number of hydrazone groups is 1. The van der Waals surface area contributed by atoms with Gasteiger partial charge in [-0.25, -0.2) is 0 Å². The Labute approximate surface area is 212 Å². The normalized spacial score (nSPS) is 13.2. The fourth-order valence-electron chi connectivity index (χ4n) is 3.34. The molecule has 0 unspecified atom stereocenters. The van der Waals surface area contributed by atoms with Crippen LogP contribution in [-0.4, -0.2) is 61.1 Å². The van der Waals surface area contributed by atoms with Crippen LogP contribution in [-0.2, 0) is 11.2 Å². The molecular weight excluding hydrogens is 475 g/mol. The molecule has 1 aromatic carbocycles. The lowest BCUT2D eigenvalue weighted by Crippen LogP contribution is -3.00. The van der Waals surface area contributed by atoms with Crippen molar-refractivity contribution in [3.8, 4) is 6.01 Å². The van der Waals surface area contributed by atoms with Gasteiger partial charge in [0, 0.05) is 44.5 Å². The van der Waals surface area contributed by atoms with Gasteiger partial charge in [0.1, 0.15) is 5.82 Å². The molecule has 4 rings (SSSR count). The zero-order chi connectivity index (χ0) is 22.2. The number of aryl methyl sites for hydroxylation is 1. The van der Waals surface area contributed by atoms with Crippen LogP contribution in [0.2, 0.25) is 0 Å². The molecule has 1 saturated heterocycles. The van der Waals surface area contributed by atoms with Gasteiger partial charge < -0.3 is 39.2 Å². The Morgan fingerprint density at radius 1 is 1.09 bits per heavy atom. The van der Waals surface area contributed by atoms with E-state index in [0.29, 0.717) is 38.1 Å². The van der Waals surface area contributed by atoms with E-state index in [1.807, 2.05) is 49.7 Å². The van der Waals surface area contributed by atoms with Crippen LogP contribution in [0, 0.1) is 6.92 Å². The van der Waals surface area contributed by atoms with E-state index < -0.39 is 0 Å². The van der Waals surface area contributed by atoms with Crippen LogP contribution >= 0.6 is 0 Å². The molecule has 0 amide bonds. The van der Waals surface area contributed by atoms with Crippen molar-refractivity contribution in [1.29, 1.82) is 0 Å². The number of aromatic nitrogens is 3. The third kappa shape index (κ3) is 7.83. The molecule has 0 saturated carbocycles. The molecule has 182 valence electrons. The van der Waals surface area contributed by atoms with Gasteiger partial charge in [0.25, 0.3) is 0 Å². The first-order valence-corrected chi connectivity index (χ1v) is 10.8. The van der Waals surface area contributed by atoms with Crippen molar-refractivity contribution in [1.82, 2.24) is 15.0 Å². The summed E-state index contributed by atoms with van der Waals surface area (Å²) in [5.74, 6) is 1.47. The van der Waals surface area contributed by atoms with E-state index in [4.69, 9.17) is 9.47 Å². The molecule has 3 heterocycles. The van der Waals surface area contributed by atoms with E-state index in [2.05, 4.69) is 44.0 Å². The van der Waals surface area contributed by atoms with Gasteiger partial charge in [0.15, 0.2) is 5.82 Å². The second kappa shape index (κ2) is 13.7. The number of morpholine rings is 1. The average Bonchev–Trinajstić information content (AvgIpc) is 2.84. The zero-order valence-electron chi connectivity index (χ0n) is 19.3. The minimum Gasteiger partial charge on any atom is -1.00 e. The quantitative estimate of drug-likeness (QED) is 0.242. The molecule has 0 aliphatic carbocycles. The highest BCUT2D eigenvalue weighted by atomic mass is 35.5. The predicted octanol–water partition coefficient (Wildman–Crippen LogP) is -2.88. The number of rotatable bonds is 8. The summed E-state index contributed by atoms with van der Waals surface area (Å²) in [5.41, 5.74) is 3.19. The van der Waals surface area contributed by atoms with Gasteiger partial charge in [-0.3, -0.25) is 9.99 Å². The van der Waals surface area contributed by atoms with Gasteiger partial charge >= 0.3 is 6.01 Å². The Bertz CT molecular complexity index is 1050. The highest BCUT2D eigenvalue weighted by Gasteiger charge is 2.17. The first kappa shape index (κ1) is 27.3. The molecule has 1 fully saturated rings. The molecule has 0 N–H and O–H groups in total.